The van der Waals surface area contributed by atoms with E-state index in [1.54, 1.807) is 6.07 Å². The number of likely N-dealkylation sites (tertiary alicyclic amines) is 1. The number of benzene rings is 2. The van der Waals surface area contributed by atoms with Crippen LogP contribution in [-0.2, 0) is 0 Å². The highest BCUT2D eigenvalue weighted by Crippen LogP contribution is 2.29. The van der Waals surface area contributed by atoms with Gasteiger partial charge >= 0.3 is 6.03 Å². The number of amides is 3. The van der Waals surface area contributed by atoms with Crippen molar-refractivity contribution in [3.8, 4) is 6.07 Å². The van der Waals surface area contributed by atoms with Crippen LogP contribution in [0.15, 0.2) is 42.5 Å². The fourth-order valence-electron chi connectivity index (χ4n) is 4.63. The molecule has 7 heteroatoms. The Bertz CT molecular complexity index is 1030. The summed E-state index contributed by atoms with van der Waals surface area (Å²) < 4.78 is 0. The lowest BCUT2D eigenvalue weighted by atomic mass is 9.89. The molecule has 2 aromatic carbocycles. The number of piperidine rings is 2. The first-order valence-electron chi connectivity index (χ1n) is 11.7. The van der Waals surface area contributed by atoms with Crippen molar-refractivity contribution in [2.45, 2.75) is 44.6 Å². The summed E-state index contributed by atoms with van der Waals surface area (Å²) in [5.74, 6) is 0.394. The van der Waals surface area contributed by atoms with E-state index in [0.29, 0.717) is 35.8 Å². The fraction of sp³-hybridized carbons (Fsp3) is 0.423. The molecule has 7 nitrogen and oxygen atoms in total. The quantitative estimate of drug-likeness (QED) is 0.668. The Morgan fingerprint density at radius 3 is 2.39 bits per heavy atom. The van der Waals surface area contributed by atoms with Gasteiger partial charge in [0.15, 0.2) is 0 Å². The van der Waals surface area contributed by atoms with E-state index in [-0.39, 0.29) is 18.0 Å². The van der Waals surface area contributed by atoms with Crippen molar-refractivity contribution in [1.29, 1.82) is 5.26 Å². The van der Waals surface area contributed by atoms with Crippen molar-refractivity contribution in [1.82, 2.24) is 15.5 Å². The minimum absolute atomic E-state index is 0.00454. The van der Waals surface area contributed by atoms with Gasteiger partial charge in [-0.2, -0.15) is 5.26 Å². The average molecular weight is 446 g/mol. The van der Waals surface area contributed by atoms with E-state index in [1.807, 2.05) is 48.2 Å². The zero-order valence-electron chi connectivity index (χ0n) is 19.1. The van der Waals surface area contributed by atoms with Gasteiger partial charge in [-0.1, -0.05) is 18.2 Å². The van der Waals surface area contributed by atoms with Gasteiger partial charge in [-0.3, -0.25) is 4.79 Å². The lowest BCUT2D eigenvalue weighted by Crippen LogP contribution is -2.44. The Morgan fingerprint density at radius 2 is 1.73 bits per heavy atom. The molecule has 33 heavy (non-hydrogen) atoms. The second-order valence-corrected chi connectivity index (χ2v) is 8.95. The van der Waals surface area contributed by atoms with Gasteiger partial charge in [0.25, 0.3) is 5.91 Å². The van der Waals surface area contributed by atoms with Crippen LogP contribution in [0.4, 0.5) is 10.5 Å². The summed E-state index contributed by atoms with van der Waals surface area (Å²) in [4.78, 5) is 27.5. The molecule has 2 aliphatic rings. The summed E-state index contributed by atoms with van der Waals surface area (Å²) in [6.45, 7) is 5.13. The van der Waals surface area contributed by atoms with Crippen molar-refractivity contribution in [3.05, 3.63) is 64.7 Å². The van der Waals surface area contributed by atoms with Crippen LogP contribution in [0, 0.1) is 18.3 Å². The zero-order valence-corrected chi connectivity index (χ0v) is 19.1. The van der Waals surface area contributed by atoms with Crippen molar-refractivity contribution in [2.75, 3.05) is 31.5 Å². The third kappa shape index (κ3) is 5.71. The number of hydrogen-bond acceptors (Lipinski definition) is 4. The van der Waals surface area contributed by atoms with Crippen LogP contribution in [-0.4, -0.2) is 49.1 Å². The number of carbonyl (C=O) groups is 2. The van der Waals surface area contributed by atoms with Crippen LogP contribution in [0.5, 0.6) is 0 Å². The molecule has 0 bridgehead atoms. The van der Waals surface area contributed by atoms with Crippen molar-refractivity contribution >= 4 is 17.6 Å². The first kappa shape index (κ1) is 22.8. The number of rotatable bonds is 4. The first-order chi connectivity index (χ1) is 16.0. The molecule has 2 heterocycles. The minimum atomic E-state index is -0.224. The maximum absolute atomic E-state index is 13.1. The average Bonchev–Trinajstić information content (AvgIpc) is 2.86. The van der Waals surface area contributed by atoms with Gasteiger partial charge in [0.1, 0.15) is 0 Å². The van der Waals surface area contributed by atoms with Crippen LogP contribution in [0.3, 0.4) is 0 Å². The van der Waals surface area contributed by atoms with Gasteiger partial charge in [0.2, 0.25) is 0 Å². The van der Waals surface area contributed by atoms with E-state index in [0.717, 1.165) is 44.3 Å². The predicted molar refractivity (Wildman–Crippen MR) is 128 cm³/mol. The molecule has 0 aliphatic carbocycles. The van der Waals surface area contributed by atoms with Gasteiger partial charge in [0.05, 0.1) is 11.6 Å². The number of nitriles is 1. The lowest BCUT2D eigenvalue weighted by molar-refractivity contribution is 0.0713. The van der Waals surface area contributed by atoms with Crippen molar-refractivity contribution < 1.29 is 9.59 Å². The van der Waals surface area contributed by atoms with Gasteiger partial charge in [-0.05, 0) is 87.0 Å². The Labute approximate surface area is 195 Å². The molecule has 3 N–H and O–H groups in total. The predicted octanol–water partition coefficient (Wildman–Crippen LogP) is 3.76. The molecule has 0 aromatic heterocycles. The topological polar surface area (TPSA) is 97.3 Å². The largest absolute Gasteiger partial charge is 0.339 e. The Hall–Kier alpha value is -3.37. The number of aryl methyl sites for hydroxylation is 1. The van der Waals surface area contributed by atoms with E-state index in [4.69, 9.17) is 5.26 Å². The molecule has 3 amide bonds. The lowest BCUT2D eigenvalue weighted by Gasteiger charge is -2.32. The zero-order chi connectivity index (χ0) is 23.2. The minimum Gasteiger partial charge on any atom is -0.339 e. The van der Waals surface area contributed by atoms with Crippen LogP contribution in [0.1, 0.15) is 58.6 Å². The number of nitrogens with zero attached hydrogens (tertiary/aromatic N) is 2. The number of anilines is 1. The maximum Gasteiger partial charge on any atom is 0.319 e. The molecule has 2 aromatic rings. The molecule has 172 valence electrons. The Balaban J connectivity index is 1.35. The molecule has 0 radical (unpaired) electrons. The SMILES string of the molecule is Cc1ccc(C(=O)N2CCC(c3ccc(C#N)cc3)CC2)cc1NC(=O)NC1CCNCC1. The van der Waals surface area contributed by atoms with Gasteiger partial charge in [-0.15, -0.1) is 0 Å². The second-order valence-electron chi connectivity index (χ2n) is 8.95. The highest BCUT2D eigenvalue weighted by Gasteiger charge is 2.25. The fourth-order valence-corrected chi connectivity index (χ4v) is 4.63. The number of hydrogen-bond donors (Lipinski definition) is 3. The smallest absolute Gasteiger partial charge is 0.319 e. The number of urea groups is 1. The summed E-state index contributed by atoms with van der Waals surface area (Å²) in [5.41, 5.74) is 4.07. The van der Waals surface area contributed by atoms with E-state index in [1.165, 1.54) is 5.56 Å². The van der Waals surface area contributed by atoms with Crippen LogP contribution >= 0.6 is 0 Å². The van der Waals surface area contributed by atoms with E-state index in [2.05, 4.69) is 22.0 Å². The van der Waals surface area contributed by atoms with Gasteiger partial charge < -0.3 is 20.9 Å². The summed E-state index contributed by atoms with van der Waals surface area (Å²) >= 11 is 0. The molecule has 2 fully saturated rings. The highest BCUT2D eigenvalue weighted by atomic mass is 16.2. The molecular weight excluding hydrogens is 414 g/mol. The molecule has 0 unspecified atom stereocenters. The Morgan fingerprint density at radius 1 is 1.03 bits per heavy atom. The molecular formula is C26H31N5O2. The first-order valence-corrected chi connectivity index (χ1v) is 11.7. The Kier molecular flexibility index (Phi) is 7.26. The second kappa shape index (κ2) is 10.5. The van der Waals surface area contributed by atoms with E-state index in [9.17, 15) is 9.59 Å². The summed E-state index contributed by atoms with van der Waals surface area (Å²) in [6.07, 6.45) is 3.63. The molecule has 2 saturated heterocycles. The van der Waals surface area contributed by atoms with E-state index < -0.39 is 0 Å². The number of nitrogens with one attached hydrogen (secondary N) is 3. The van der Waals surface area contributed by atoms with Crippen LogP contribution in [0.25, 0.3) is 0 Å². The third-order valence-corrected chi connectivity index (χ3v) is 6.70. The molecule has 0 atom stereocenters. The molecule has 4 rings (SSSR count). The van der Waals surface area contributed by atoms with Crippen molar-refractivity contribution in [3.63, 3.8) is 0 Å². The van der Waals surface area contributed by atoms with Crippen molar-refractivity contribution in [2.24, 2.45) is 0 Å². The van der Waals surface area contributed by atoms with Crippen LogP contribution in [0.2, 0.25) is 0 Å². The van der Waals surface area contributed by atoms with Crippen LogP contribution < -0.4 is 16.0 Å². The maximum atomic E-state index is 13.1. The molecule has 0 spiro atoms. The molecule has 0 saturated carbocycles. The van der Waals surface area contributed by atoms with Gasteiger partial charge in [0, 0.05) is 30.4 Å². The highest BCUT2D eigenvalue weighted by molar-refractivity contribution is 5.97. The third-order valence-electron chi connectivity index (χ3n) is 6.70. The van der Waals surface area contributed by atoms with Gasteiger partial charge in [-0.25, -0.2) is 4.79 Å². The monoisotopic (exact) mass is 445 g/mol. The summed E-state index contributed by atoms with van der Waals surface area (Å²) in [5, 5.41) is 18.2. The number of carbonyl (C=O) groups excluding carboxylic acids is 2. The normalized spacial score (nSPS) is 17.3. The van der Waals surface area contributed by atoms with E-state index >= 15 is 0 Å². The summed E-state index contributed by atoms with van der Waals surface area (Å²) in [6, 6.07) is 15.4. The molecule has 2 aliphatic heterocycles. The standard InChI is InChI=1S/C26H31N5O2/c1-18-2-5-22(16-24(18)30-26(33)29-23-8-12-28-13-9-23)25(32)31-14-10-21(11-15-31)20-6-3-19(17-27)4-7-20/h2-7,16,21,23,28H,8-15H2,1H3,(H2,29,30,33). The summed E-state index contributed by atoms with van der Waals surface area (Å²) in [7, 11) is 0.